The van der Waals surface area contributed by atoms with Crippen LogP contribution < -0.4 is 5.32 Å². The Hall–Kier alpha value is -2.58. The molecule has 1 fully saturated rings. The van der Waals surface area contributed by atoms with Gasteiger partial charge in [0, 0.05) is 24.4 Å². The van der Waals surface area contributed by atoms with Gasteiger partial charge >= 0.3 is 0 Å². The van der Waals surface area contributed by atoms with Crippen LogP contribution in [-0.2, 0) is 9.53 Å². The number of nitrogens with zero attached hydrogens (tertiary/aromatic N) is 1. The standard InChI is InChI=1S/C18H20N2O3/c1-3-11-20(13-16-6-5-12-23-16)18(22)14-7-9-15(10-8-14)19-17(21)4-2/h1,4,7-10,16H,2,5-6,11-13H2,(H,19,21). The monoisotopic (exact) mass is 312 g/mol. The summed E-state index contributed by atoms with van der Waals surface area (Å²) in [7, 11) is 0. The molecule has 2 amide bonds. The molecule has 0 spiro atoms. The van der Waals surface area contributed by atoms with E-state index in [1.165, 1.54) is 6.08 Å². The van der Waals surface area contributed by atoms with Crippen molar-refractivity contribution < 1.29 is 14.3 Å². The molecular weight excluding hydrogens is 292 g/mol. The summed E-state index contributed by atoms with van der Waals surface area (Å²) in [6, 6.07) is 6.68. The molecule has 1 saturated heterocycles. The van der Waals surface area contributed by atoms with Crippen molar-refractivity contribution in [3.8, 4) is 12.3 Å². The number of benzene rings is 1. The Bertz CT molecular complexity index is 610. The van der Waals surface area contributed by atoms with Gasteiger partial charge in [0.1, 0.15) is 0 Å². The van der Waals surface area contributed by atoms with Crippen LogP contribution in [-0.4, -0.2) is 42.5 Å². The Balaban J connectivity index is 2.04. The third-order valence-electron chi connectivity index (χ3n) is 3.60. The van der Waals surface area contributed by atoms with Crippen LogP contribution in [0.5, 0.6) is 0 Å². The SMILES string of the molecule is C#CCN(CC1CCCO1)C(=O)c1ccc(NC(=O)C=C)cc1. The van der Waals surface area contributed by atoms with Crippen LogP contribution in [0.4, 0.5) is 5.69 Å². The molecule has 1 unspecified atom stereocenters. The maximum atomic E-state index is 12.6. The number of carbonyl (C=O) groups excluding carboxylic acids is 2. The Kier molecular flexibility index (Phi) is 5.95. The van der Waals surface area contributed by atoms with Gasteiger partial charge in [-0.15, -0.1) is 6.42 Å². The summed E-state index contributed by atoms with van der Waals surface area (Å²) in [5, 5.41) is 2.64. The van der Waals surface area contributed by atoms with E-state index in [1.54, 1.807) is 29.2 Å². The minimum atomic E-state index is -0.295. The maximum Gasteiger partial charge on any atom is 0.254 e. The highest BCUT2D eigenvalue weighted by Gasteiger charge is 2.22. The minimum absolute atomic E-state index is 0.0541. The number of carbonyl (C=O) groups is 2. The van der Waals surface area contributed by atoms with Crippen LogP contribution in [0, 0.1) is 12.3 Å². The van der Waals surface area contributed by atoms with Gasteiger partial charge in [-0.2, -0.15) is 0 Å². The van der Waals surface area contributed by atoms with Crippen molar-refractivity contribution in [3.05, 3.63) is 42.5 Å². The summed E-state index contributed by atoms with van der Waals surface area (Å²) in [5.41, 5.74) is 1.13. The Morgan fingerprint density at radius 2 is 2.17 bits per heavy atom. The van der Waals surface area contributed by atoms with Crippen molar-refractivity contribution in [3.63, 3.8) is 0 Å². The molecule has 1 aliphatic rings. The van der Waals surface area contributed by atoms with E-state index in [-0.39, 0.29) is 24.5 Å². The third kappa shape index (κ3) is 4.70. The molecule has 120 valence electrons. The fourth-order valence-electron chi connectivity index (χ4n) is 2.44. The van der Waals surface area contributed by atoms with Gasteiger partial charge in [-0.3, -0.25) is 9.59 Å². The van der Waals surface area contributed by atoms with Crippen molar-refractivity contribution >= 4 is 17.5 Å². The number of hydrogen-bond acceptors (Lipinski definition) is 3. The second-order valence-corrected chi connectivity index (χ2v) is 5.30. The molecular formula is C18H20N2O3. The lowest BCUT2D eigenvalue weighted by Gasteiger charge is -2.23. The average molecular weight is 312 g/mol. The zero-order valence-corrected chi connectivity index (χ0v) is 13.0. The van der Waals surface area contributed by atoms with Crippen LogP contribution in [0.15, 0.2) is 36.9 Å². The van der Waals surface area contributed by atoms with Crippen molar-refractivity contribution in [2.24, 2.45) is 0 Å². The molecule has 0 saturated carbocycles. The molecule has 23 heavy (non-hydrogen) atoms. The number of hydrogen-bond donors (Lipinski definition) is 1. The number of amides is 2. The van der Waals surface area contributed by atoms with Crippen molar-refractivity contribution in [2.45, 2.75) is 18.9 Å². The number of rotatable bonds is 6. The van der Waals surface area contributed by atoms with Gasteiger partial charge in [0.15, 0.2) is 0 Å². The van der Waals surface area contributed by atoms with Crippen LogP contribution in [0.2, 0.25) is 0 Å². The lowest BCUT2D eigenvalue weighted by Crippen LogP contribution is -2.37. The van der Waals surface area contributed by atoms with E-state index in [1.807, 2.05) is 0 Å². The summed E-state index contributed by atoms with van der Waals surface area (Å²) in [6.45, 7) is 4.87. The first-order valence-electron chi connectivity index (χ1n) is 7.52. The lowest BCUT2D eigenvalue weighted by atomic mass is 10.1. The fourth-order valence-corrected chi connectivity index (χ4v) is 2.44. The number of anilines is 1. The quantitative estimate of drug-likeness (QED) is 0.646. The predicted molar refractivity (Wildman–Crippen MR) is 89.0 cm³/mol. The first kappa shape index (κ1) is 16.8. The molecule has 5 nitrogen and oxygen atoms in total. The van der Waals surface area contributed by atoms with Crippen LogP contribution >= 0.6 is 0 Å². The molecule has 1 aromatic rings. The molecule has 1 aromatic carbocycles. The molecule has 2 rings (SSSR count). The van der Waals surface area contributed by atoms with Gasteiger partial charge in [-0.1, -0.05) is 12.5 Å². The normalized spacial score (nSPS) is 16.4. The largest absolute Gasteiger partial charge is 0.376 e. The van der Waals surface area contributed by atoms with Gasteiger partial charge in [0.2, 0.25) is 5.91 Å². The van der Waals surface area contributed by atoms with Gasteiger partial charge in [-0.05, 0) is 43.2 Å². The summed E-state index contributed by atoms with van der Waals surface area (Å²) in [5.74, 6) is 2.09. The van der Waals surface area contributed by atoms with E-state index in [4.69, 9.17) is 11.2 Å². The highest BCUT2D eigenvalue weighted by Crippen LogP contribution is 2.16. The molecule has 0 aromatic heterocycles. The molecule has 0 aliphatic carbocycles. The Morgan fingerprint density at radius 1 is 1.43 bits per heavy atom. The number of nitrogens with one attached hydrogen (secondary N) is 1. The molecule has 0 radical (unpaired) electrons. The highest BCUT2D eigenvalue weighted by molar-refractivity contribution is 5.99. The topological polar surface area (TPSA) is 58.6 Å². The number of ether oxygens (including phenoxy) is 1. The van der Waals surface area contributed by atoms with Crippen LogP contribution in [0.25, 0.3) is 0 Å². The molecule has 1 N–H and O–H groups in total. The molecule has 1 aliphatic heterocycles. The van der Waals surface area contributed by atoms with Crippen molar-refractivity contribution in [1.29, 1.82) is 0 Å². The van der Waals surface area contributed by atoms with Crippen molar-refractivity contribution in [1.82, 2.24) is 4.90 Å². The predicted octanol–water partition coefficient (Wildman–Crippen LogP) is 2.07. The van der Waals surface area contributed by atoms with E-state index in [2.05, 4.69) is 17.8 Å². The van der Waals surface area contributed by atoms with Gasteiger partial charge < -0.3 is 15.0 Å². The number of terminal acetylenes is 1. The summed E-state index contributed by atoms with van der Waals surface area (Å²) < 4.78 is 5.57. The molecule has 1 atom stereocenters. The average Bonchev–Trinajstić information content (AvgIpc) is 3.07. The van der Waals surface area contributed by atoms with Crippen molar-refractivity contribution in [2.75, 3.05) is 25.0 Å². The molecule has 5 heteroatoms. The summed E-state index contributed by atoms with van der Waals surface area (Å²) in [6.07, 6.45) is 8.58. The van der Waals surface area contributed by atoms with Gasteiger partial charge in [0.25, 0.3) is 5.91 Å². The first-order valence-corrected chi connectivity index (χ1v) is 7.52. The van der Waals surface area contributed by atoms with Gasteiger partial charge in [0.05, 0.1) is 12.6 Å². The van der Waals surface area contributed by atoms with E-state index in [9.17, 15) is 9.59 Å². The smallest absolute Gasteiger partial charge is 0.254 e. The van der Waals surface area contributed by atoms with Crippen LogP contribution in [0.1, 0.15) is 23.2 Å². The Morgan fingerprint density at radius 3 is 2.74 bits per heavy atom. The van der Waals surface area contributed by atoms with E-state index in [0.29, 0.717) is 17.8 Å². The maximum absolute atomic E-state index is 12.6. The van der Waals surface area contributed by atoms with E-state index >= 15 is 0 Å². The first-order chi connectivity index (χ1) is 11.1. The third-order valence-corrected chi connectivity index (χ3v) is 3.60. The zero-order chi connectivity index (χ0) is 16.7. The fraction of sp³-hybridized carbons (Fsp3) is 0.333. The molecule has 0 bridgehead atoms. The van der Waals surface area contributed by atoms with E-state index < -0.39 is 0 Å². The molecule has 1 heterocycles. The second-order valence-electron chi connectivity index (χ2n) is 5.30. The summed E-state index contributed by atoms with van der Waals surface area (Å²) >= 11 is 0. The summed E-state index contributed by atoms with van der Waals surface area (Å²) in [4.78, 5) is 25.4. The zero-order valence-electron chi connectivity index (χ0n) is 13.0. The highest BCUT2D eigenvalue weighted by atomic mass is 16.5. The minimum Gasteiger partial charge on any atom is -0.376 e. The second kappa shape index (κ2) is 8.16. The Labute approximate surface area is 136 Å². The van der Waals surface area contributed by atoms with E-state index in [0.717, 1.165) is 19.4 Å². The van der Waals surface area contributed by atoms with Gasteiger partial charge in [-0.25, -0.2) is 0 Å². The lowest BCUT2D eigenvalue weighted by molar-refractivity contribution is -0.111. The van der Waals surface area contributed by atoms with Crippen LogP contribution in [0.3, 0.4) is 0 Å².